The molecule has 2 rings (SSSR count). The summed E-state index contributed by atoms with van der Waals surface area (Å²) in [7, 11) is 0. The summed E-state index contributed by atoms with van der Waals surface area (Å²) in [6.07, 6.45) is 4.11. The van der Waals surface area contributed by atoms with E-state index in [4.69, 9.17) is 4.74 Å². The lowest BCUT2D eigenvalue weighted by atomic mass is 10.1. The van der Waals surface area contributed by atoms with Crippen LogP contribution in [0.2, 0.25) is 0 Å². The zero-order chi connectivity index (χ0) is 12.1. The molecule has 0 saturated carbocycles. The smallest absolute Gasteiger partial charge is 0.138 e. The molecule has 0 aliphatic heterocycles. The Balaban J connectivity index is 1.95. The van der Waals surface area contributed by atoms with Crippen molar-refractivity contribution in [1.29, 1.82) is 0 Å². The van der Waals surface area contributed by atoms with Gasteiger partial charge in [0.25, 0.3) is 0 Å². The van der Waals surface area contributed by atoms with Crippen LogP contribution in [-0.4, -0.2) is 11.6 Å². The molecule has 0 aliphatic carbocycles. The Morgan fingerprint density at radius 2 is 2.06 bits per heavy atom. The fraction of sp³-hybridized carbons (Fsp3) is 0.400. The summed E-state index contributed by atoms with van der Waals surface area (Å²) in [6.45, 7) is 5.24. The lowest BCUT2D eigenvalue weighted by Crippen LogP contribution is -1.99. The zero-order valence-corrected chi connectivity index (χ0v) is 10.5. The second kappa shape index (κ2) is 5.67. The minimum atomic E-state index is 0.744. The molecule has 90 valence electrons. The van der Waals surface area contributed by atoms with Gasteiger partial charge in [-0.2, -0.15) is 0 Å². The Hall–Kier alpha value is -1.57. The van der Waals surface area contributed by atoms with Crippen LogP contribution in [0.15, 0.2) is 36.5 Å². The van der Waals surface area contributed by atoms with Gasteiger partial charge in [-0.25, -0.2) is 0 Å². The number of ether oxygens (including phenoxy) is 1. The third-order valence-corrected chi connectivity index (χ3v) is 2.76. The minimum absolute atomic E-state index is 0.744. The molecule has 0 spiro atoms. The van der Waals surface area contributed by atoms with Gasteiger partial charge >= 0.3 is 0 Å². The quantitative estimate of drug-likeness (QED) is 0.721. The van der Waals surface area contributed by atoms with Crippen LogP contribution in [0.5, 0.6) is 5.75 Å². The van der Waals surface area contributed by atoms with Crippen LogP contribution >= 0.6 is 0 Å². The monoisotopic (exact) mass is 229 g/mol. The van der Waals surface area contributed by atoms with Crippen LogP contribution in [0.1, 0.15) is 26.7 Å². The summed E-state index contributed by atoms with van der Waals surface area (Å²) in [5, 5.41) is 1.13. The Bertz CT molecular complexity index is 479. The second-order valence-electron chi connectivity index (χ2n) is 4.75. The maximum Gasteiger partial charge on any atom is 0.138 e. The Labute approximate surface area is 103 Å². The maximum atomic E-state index is 5.70. The van der Waals surface area contributed by atoms with Crippen molar-refractivity contribution in [3.63, 3.8) is 0 Å². The topological polar surface area (TPSA) is 22.1 Å². The molecule has 2 nitrogen and oxygen atoms in total. The average molecular weight is 229 g/mol. The molecular weight excluding hydrogens is 210 g/mol. The van der Waals surface area contributed by atoms with Gasteiger partial charge in [0.1, 0.15) is 5.75 Å². The van der Waals surface area contributed by atoms with E-state index in [1.54, 1.807) is 6.20 Å². The average Bonchev–Trinajstić information content (AvgIpc) is 2.34. The first-order chi connectivity index (χ1) is 8.25. The minimum Gasteiger partial charge on any atom is -0.492 e. The van der Waals surface area contributed by atoms with E-state index in [9.17, 15) is 0 Å². The third kappa shape index (κ3) is 3.45. The van der Waals surface area contributed by atoms with Gasteiger partial charge in [0.2, 0.25) is 0 Å². The molecule has 0 aliphatic rings. The highest BCUT2D eigenvalue weighted by molar-refractivity contribution is 5.79. The highest BCUT2D eigenvalue weighted by Gasteiger charge is 1.99. The molecule has 0 bridgehead atoms. The number of fused-ring (bicyclic) bond motifs is 1. The van der Waals surface area contributed by atoms with Crippen LogP contribution in [0.3, 0.4) is 0 Å². The number of para-hydroxylation sites is 1. The van der Waals surface area contributed by atoms with E-state index in [-0.39, 0.29) is 0 Å². The predicted octanol–water partition coefficient (Wildman–Crippen LogP) is 4.05. The zero-order valence-electron chi connectivity index (χ0n) is 10.5. The molecule has 17 heavy (non-hydrogen) atoms. The molecule has 0 N–H and O–H groups in total. The molecule has 2 aromatic rings. The molecule has 1 heterocycles. The van der Waals surface area contributed by atoms with Gasteiger partial charge in [0, 0.05) is 5.39 Å². The molecular formula is C15H19NO. The van der Waals surface area contributed by atoms with Gasteiger partial charge in [-0.3, -0.25) is 4.98 Å². The van der Waals surface area contributed by atoms with Crippen LogP contribution in [0.25, 0.3) is 10.9 Å². The number of aromatic nitrogens is 1. The molecule has 2 heteroatoms. The van der Waals surface area contributed by atoms with Crippen molar-refractivity contribution in [2.45, 2.75) is 26.7 Å². The van der Waals surface area contributed by atoms with Crippen molar-refractivity contribution in [2.75, 3.05) is 6.61 Å². The molecule has 1 aromatic heterocycles. The lowest BCUT2D eigenvalue weighted by molar-refractivity contribution is 0.297. The largest absolute Gasteiger partial charge is 0.492 e. The van der Waals surface area contributed by atoms with Gasteiger partial charge < -0.3 is 4.74 Å². The third-order valence-electron chi connectivity index (χ3n) is 2.76. The summed E-state index contributed by atoms with van der Waals surface area (Å²) in [6, 6.07) is 10.1. The second-order valence-corrected chi connectivity index (χ2v) is 4.75. The fourth-order valence-corrected chi connectivity index (χ4v) is 1.81. The first kappa shape index (κ1) is 11.9. The van der Waals surface area contributed by atoms with Crippen molar-refractivity contribution in [3.05, 3.63) is 36.5 Å². The number of benzene rings is 1. The molecule has 0 fully saturated rings. The van der Waals surface area contributed by atoms with E-state index in [2.05, 4.69) is 31.0 Å². The van der Waals surface area contributed by atoms with Crippen LogP contribution in [0.4, 0.5) is 0 Å². The molecule has 0 saturated heterocycles. The maximum absolute atomic E-state index is 5.70. The van der Waals surface area contributed by atoms with Gasteiger partial charge in [-0.1, -0.05) is 32.0 Å². The van der Waals surface area contributed by atoms with Crippen LogP contribution < -0.4 is 4.74 Å². The number of hydrogen-bond donors (Lipinski definition) is 0. The number of rotatable bonds is 5. The van der Waals surface area contributed by atoms with Gasteiger partial charge in [0.05, 0.1) is 18.3 Å². The van der Waals surface area contributed by atoms with E-state index in [0.29, 0.717) is 0 Å². The Morgan fingerprint density at radius 1 is 1.24 bits per heavy atom. The molecule has 0 unspecified atom stereocenters. The van der Waals surface area contributed by atoms with Gasteiger partial charge in [-0.15, -0.1) is 0 Å². The number of pyridine rings is 1. The van der Waals surface area contributed by atoms with E-state index in [1.165, 1.54) is 6.42 Å². The lowest BCUT2D eigenvalue weighted by Gasteiger charge is -2.08. The molecule has 0 amide bonds. The predicted molar refractivity (Wildman–Crippen MR) is 71.3 cm³/mol. The first-order valence-corrected chi connectivity index (χ1v) is 6.23. The van der Waals surface area contributed by atoms with Crippen molar-refractivity contribution in [1.82, 2.24) is 4.98 Å². The normalized spacial score (nSPS) is 11.0. The highest BCUT2D eigenvalue weighted by Crippen LogP contribution is 2.18. The number of nitrogens with zero attached hydrogens (tertiary/aromatic N) is 1. The molecule has 1 aromatic carbocycles. The van der Waals surface area contributed by atoms with E-state index in [0.717, 1.165) is 35.6 Å². The number of hydrogen-bond acceptors (Lipinski definition) is 2. The van der Waals surface area contributed by atoms with Gasteiger partial charge in [-0.05, 0) is 30.9 Å². The Kier molecular flexibility index (Phi) is 3.97. The summed E-state index contributed by atoms with van der Waals surface area (Å²) in [4.78, 5) is 4.37. The summed E-state index contributed by atoms with van der Waals surface area (Å²) < 4.78 is 5.70. The molecule has 0 atom stereocenters. The van der Waals surface area contributed by atoms with E-state index < -0.39 is 0 Å². The van der Waals surface area contributed by atoms with Gasteiger partial charge in [0.15, 0.2) is 0 Å². The SMILES string of the molecule is CC(C)CCCOc1cnc2ccccc2c1. The van der Waals surface area contributed by atoms with E-state index in [1.807, 2.05) is 18.2 Å². The van der Waals surface area contributed by atoms with Crippen LogP contribution in [0, 0.1) is 5.92 Å². The standard InChI is InChI=1S/C15H19NO/c1-12(2)6-5-9-17-14-10-13-7-3-4-8-15(13)16-11-14/h3-4,7-8,10-12H,5-6,9H2,1-2H3. The van der Waals surface area contributed by atoms with E-state index >= 15 is 0 Å². The summed E-state index contributed by atoms with van der Waals surface area (Å²) in [5.74, 6) is 1.61. The van der Waals surface area contributed by atoms with Crippen LogP contribution in [-0.2, 0) is 0 Å². The highest BCUT2D eigenvalue weighted by atomic mass is 16.5. The summed E-state index contributed by atoms with van der Waals surface area (Å²) in [5.41, 5.74) is 1.02. The van der Waals surface area contributed by atoms with Crippen molar-refractivity contribution >= 4 is 10.9 Å². The Morgan fingerprint density at radius 3 is 2.88 bits per heavy atom. The fourth-order valence-electron chi connectivity index (χ4n) is 1.81. The molecule has 0 radical (unpaired) electrons. The summed E-state index contributed by atoms with van der Waals surface area (Å²) >= 11 is 0. The van der Waals surface area contributed by atoms with Crippen molar-refractivity contribution in [2.24, 2.45) is 5.92 Å². The first-order valence-electron chi connectivity index (χ1n) is 6.23. The van der Waals surface area contributed by atoms with Crippen molar-refractivity contribution < 1.29 is 4.74 Å². The van der Waals surface area contributed by atoms with Crippen molar-refractivity contribution in [3.8, 4) is 5.75 Å².